The van der Waals surface area contributed by atoms with Crippen LogP contribution in [0.1, 0.15) is 28.5 Å². The zero-order valence-corrected chi connectivity index (χ0v) is 8.09. The second kappa shape index (κ2) is 5.20. The van der Waals surface area contributed by atoms with Crippen LogP contribution in [0.5, 0.6) is 0 Å². The maximum Gasteiger partial charge on any atom is 0.178 e. The van der Waals surface area contributed by atoms with Crippen LogP contribution in [-0.4, -0.2) is 25.5 Å². The Morgan fingerprint density at radius 2 is 1.47 bits per heavy atom. The lowest BCUT2D eigenvalue weighted by molar-refractivity contribution is -0.0439. The third-order valence-corrected chi connectivity index (χ3v) is 2.33. The Balaban J connectivity index is 3.34. The van der Waals surface area contributed by atoms with Gasteiger partial charge in [0, 0.05) is 5.56 Å². The second-order valence-electron chi connectivity index (χ2n) is 3.12. The smallest absolute Gasteiger partial charge is 0.178 e. The Labute approximate surface area is 86.9 Å². The third-order valence-electron chi connectivity index (χ3n) is 2.33. The van der Waals surface area contributed by atoms with E-state index in [1.54, 1.807) is 0 Å². The number of rotatable bonds is 4. The third kappa shape index (κ3) is 2.34. The Morgan fingerprint density at radius 1 is 0.867 bits per heavy atom. The van der Waals surface area contributed by atoms with Crippen LogP contribution in [0.25, 0.3) is 0 Å². The molecule has 5 N–H and O–H groups in total. The van der Waals surface area contributed by atoms with Gasteiger partial charge in [-0.15, -0.1) is 0 Å². The fourth-order valence-corrected chi connectivity index (χ4v) is 1.53. The average Bonchev–Trinajstić information content (AvgIpc) is 2.26. The zero-order valence-electron chi connectivity index (χ0n) is 8.09. The Morgan fingerprint density at radius 3 is 1.87 bits per heavy atom. The molecule has 0 aliphatic carbocycles. The van der Waals surface area contributed by atoms with Crippen LogP contribution in [0, 0.1) is 0 Å². The monoisotopic (exact) mass is 214 g/mol. The molecule has 0 unspecified atom stereocenters. The van der Waals surface area contributed by atoms with Crippen molar-refractivity contribution < 1.29 is 25.5 Å². The van der Waals surface area contributed by atoms with E-state index in [0.717, 1.165) is 0 Å². The van der Waals surface area contributed by atoms with Crippen molar-refractivity contribution in [2.24, 2.45) is 0 Å². The normalized spacial score (nSPS) is 11.1. The first-order valence-corrected chi connectivity index (χ1v) is 4.48. The van der Waals surface area contributed by atoms with Gasteiger partial charge in [-0.2, -0.15) is 0 Å². The molecule has 0 aromatic heterocycles. The van der Waals surface area contributed by atoms with Gasteiger partial charge in [0.05, 0.1) is 19.8 Å². The summed E-state index contributed by atoms with van der Waals surface area (Å²) >= 11 is 0. The van der Waals surface area contributed by atoms with Crippen LogP contribution >= 0.6 is 0 Å². The molecule has 0 atom stereocenters. The van der Waals surface area contributed by atoms with Gasteiger partial charge in [0.25, 0.3) is 0 Å². The van der Waals surface area contributed by atoms with Crippen LogP contribution in [0.2, 0.25) is 0 Å². The summed E-state index contributed by atoms with van der Waals surface area (Å²) in [5.41, 5.74) is 1.19. The van der Waals surface area contributed by atoms with Crippen molar-refractivity contribution in [1.82, 2.24) is 0 Å². The molecule has 5 heteroatoms. The van der Waals surface area contributed by atoms with Crippen molar-refractivity contribution in [2.45, 2.75) is 26.1 Å². The van der Waals surface area contributed by atoms with E-state index in [4.69, 9.17) is 25.5 Å². The molecule has 0 amide bonds. The summed E-state index contributed by atoms with van der Waals surface area (Å²) in [4.78, 5) is 0. The summed E-state index contributed by atoms with van der Waals surface area (Å²) in [5, 5.41) is 45.2. The highest BCUT2D eigenvalue weighted by Gasteiger charge is 2.15. The van der Waals surface area contributed by atoms with Crippen LogP contribution in [0.4, 0.5) is 0 Å². The summed E-state index contributed by atoms with van der Waals surface area (Å²) in [6, 6.07) is 2.89. The van der Waals surface area contributed by atoms with Gasteiger partial charge in [-0.25, -0.2) is 0 Å². The number of aliphatic hydroxyl groups excluding tert-OH is 4. The molecule has 5 nitrogen and oxygen atoms in total. The topological polar surface area (TPSA) is 101 Å². The van der Waals surface area contributed by atoms with Gasteiger partial charge in [0.2, 0.25) is 0 Å². The van der Waals surface area contributed by atoms with Crippen LogP contribution in [0.3, 0.4) is 0 Å². The quantitative estimate of drug-likeness (QED) is 0.420. The van der Waals surface area contributed by atoms with E-state index in [1.807, 2.05) is 0 Å². The van der Waals surface area contributed by atoms with E-state index in [-0.39, 0.29) is 24.3 Å². The predicted molar refractivity (Wildman–Crippen MR) is 51.4 cm³/mol. The molecule has 0 saturated carbocycles. The zero-order chi connectivity index (χ0) is 11.4. The van der Waals surface area contributed by atoms with E-state index in [2.05, 4.69) is 0 Å². The standard InChI is InChI=1S/C10H14O5/c11-3-6-1-2-7(10(14)15)9(5-13)8(6)4-12/h1-2,10-15H,3-5H2. The summed E-state index contributed by atoms with van der Waals surface area (Å²) in [6.07, 6.45) is -1.70. The number of hydrogen-bond donors (Lipinski definition) is 5. The lowest BCUT2D eigenvalue weighted by Crippen LogP contribution is -2.08. The molecular formula is C10H14O5. The SMILES string of the molecule is OCc1ccc(C(O)O)c(CO)c1CO. The molecule has 1 aromatic rings. The lowest BCUT2D eigenvalue weighted by atomic mass is 9.96. The molecule has 0 saturated heterocycles. The highest BCUT2D eigenvalue weighted by molar-refractivity contribution is 5.40. The van der Waals surface area contributed by atoms with Crippen molar-refractivity contribution in [3.05, 3.63) is 34.4 Å². The fraction of sp³-hybridized carbons (Fsp3) is 0.400. The molecule has 0 fully saturated rings. The summed E-state index contributed by atoms with van der Waals surface area (Å²) in [7, 11) is 0. The van der Waals surface area contributed by atoms with Crippen molar-refractivity contribution in [3.63, 3.8) is 0 Å². The summed E-state index contributed by atoms with van der Waals surface area (Å²) < 4.78 is 0. The minimum Gasteiger partial charge on any atom is -0.392 e. The molecule has 1 rings (SSSR count). The first-order chi connectivity index (χ1) is 7.15. The maximum absolute atomic E-state index is 9.08. The fourth-order valence-electron chi connectivity index (χ4n) is 1.53. The van der Waals surface area contributed by atoms with Gasteiger partial charge >= 0.3 is 0 Å². The number of hydrogen-bond acceptors (Lipinski definition) is 5. The molecule has 0 aliphatic rings. The van der Waals surface area contributed by atoms with Gasteiger partial charge in [0.1, 0.15) is 0 Å². The Kier molecular flexibility index (Phi) is 4.19. The van der Waals surface area contributed by atoms with Crippen LogP contribution < -0.4 is 0 Å². The molecule has 84 valence electrons. The van der Waals surface area contributed by atoms with Gasteiger partial charge in [-0.05, 0) is 16.7 Å². The van der Waals surface area contributed by atoms with Crippen molar-refractivity contribution in [1.29, 1.82) is 0 Å². The molecular weight excluding hydrogens is 200 g/mol. The second-order valence-corrected chi connectivity index (χ2v) is 3.12. The van der Waals surface area contributed by atoms with Crippen molar-refractivity contribution in [3.8, 4) is 0 Å². The number of aliphatic hydroxyl groups is 5. The van der Waals surface area contributed by atoms with Gasteiger partial charge in [-0.3, -0.25) is 0 Å². The van der Waals surface area contributed by atoms with Crippen LogP contribution in [-0.2, 0) is 19.8 Å². The number of benzene rings is 1. The van der Waals surface area contributed by atoms with Gasteiger partial charge < -0.3 is 25.5 Å². The summed E-state index contributed by atoms with van der Waals surface area (Å²) in [6.45, 7) is -1.06. The van der Waals surface area contributed by atoms with Gasteiger partial charge in [-0.1, -0.05) is 12.1 Å². The largest absolute Gasteiger partial charge is 0.392 e. The summed E-state index contributed by atoms with van der Waals surface area (Å²) in [5.74, 6) is 0. The maximum atomic E-state index is 9.08. The van der Waals surface area contributed by atoms with E-state index in [0.29, 0.717) is 11.1 Å². The minimum absolute atomic E-state index is 0.138. The molecule has 0 spiro atoms. The van der Waals surface area contributed by atoms with E-state index >= 15 is 0 Å². The lowest BCUT2D eigenvalue weighted by Gasteiger charge is -2.16. The highest BCUT2D eigenvalue weighted by atomic mass is 16.5. The molecule has 0 radical (unpaired) electrons. The minimum atomic E-state index is -1.70. The van der Waals surface area contributed by atoms with E-state index in [9.17, 15) is 0 Å². The Hall–Kier alpha value is -0.980. The van der Waals surface area contributed by atoms with Crippen LogP contribution in [0.15, 0.2) is 12.1 Å². The Bertz CT molecular complexity index is 335. The van der Waals surface area contributed by atoms with Crippen molar-refractivity contribution in [2.75, 3.05) is 0 Å². The molecule has 0 heterocycles. The molecule has 0 aliphatic heterocycles. The first kappa shape index (κ1) is 12.1. The molecule has 0 bridgehead atoms. The first-order valence-electron chi connectivity index (χ1n) is 4.48. The highest BCUT2D eigenvalue weighted by Crippen LogP contribution is 2.24. The van der Waals surface area contributed by atoms with E-state index in [1.165, 1.54) is 12.1 Å². The van der Waals surface area contributed by atoms with Crippen molar-refractivity contribution >= 4 is 0 Å². The van der Waals surface area contributed by atoms with E-state index < -0.39 is 12.9 Å². The van der Waals surface area contributed by atoms with Gasteiger partial charge in [0.15, 0.2) is 6.29 Å². The predicted octanol–water partition coefficient (Wildman–Crippen LogP) is -0.853. The molecule has 15 heavy (non-hydrogen) atoms. The average molecular weight is 214 g/mol. The molecule has 1 aromatic carbocycles.